The largest absolute Gasteiger partial charge is 0.491 e. The maximum Gasteiger partial charge on any atom is 0.325 e. The van der Waals surface area contributed by atoms with Crippen molar-refractivity contribution in [3.8, 4) is 23.0 Å². The molecule has 0 saturated carbocycles. The molecule has 5 heterocycles. The topological polar surface area (TPSA) is 381 Å². The van der Waals surface area contributed by atoms with Crippen LogP contribution in [0.15, 0.2) is 94.3 Å². The molecule has 1 saturated heterocycles. The van der Waals surface area contributed by atoms with E-state index >= 15 is 0 Å². The van der Waals surface area contributed by atoms with Crippen LogP contribution in [0.1, 0.15) is 100 Å². The van der Waals surface area contributed by atoms with Crippen molar-refractivity contribution in [1.29, 1.82) is 0 Å². The highest BCUT2D eigenvalue weighted by molar-refractivity contribution is 7.89. The van der Waals surface area contributed by atoms with E-state index < -0.39 is 38.0 Å². The highest BCUT2D eigenvalue weighted by Crippen LogP contribution is 2.32. The van der Waals surface area contributed by atoms with Crippen LogP contribution in [0, 0.1) is 51.4 Å². The Hall–Kier alpha value is -9.11. The average molecular weight is 1620 g/mol. The molecule has 30 nitrogen and oxygen atoms in total. The summed E-state index contributed by atoms with van der Waals surface area (Å²) in [6, 6.07) is 20.9. The van der Waals surface area contributed by atoms with Gasteiger partial charge in [-0.1, -0.05) is 79.7 Å². The number of anilines is 8. The molecule has 8 aromatic rings. The van der Waals surface area contributed by atoms with Crippen LogP contribution < -0.4 is 76.2 Å². The van der Waals surface area contributed by atoms with E-state index in [1.807, 2.05) is 151 Å². The summed E-state index contributed by atoms with van der Waals surface area (Å²) in [6.07, 6.45) is 1.76. The average Bonchev–Trinajstić information content (AvgIpc) is 1.83. The quantitative estimate of drug-likeness (QED) is 0.0199. The number of thiazole rings is 4. The maximum absolute atomic E-state index is 12.4. The van der Waals surface area contributed by atoms with Gasteiger partial charge in [0, 0.05) is 60.8 Å². The lowest BCUT2D eigenvalue weighted by atomic mass is 10.2. The predicted octanol–water partition coefficient (Wildman–Crippen LogP) is 13.7. The van der Waals surface area contributed by atoms with Gasteiger partial charge in [0.25, 0.3) is 0 Å². The van der Waals surface area contributed by atoms with E-state index in [1.54, 1.807) is 22.9 Å². The molecule has 109 heavy (non-hydrogen) atoms. The number of carbonyl (C=O) groups excluding carboxylic acids is 5. The van der Waals surface area contributed by atoms with Crippen LogP contribution in [0.25, 0.3) is 0 Å². The van der Waals surface area contributed by atoms with Crippen molar-refractivity contribution in [1.82, 2.24) is 44.5 Å². The predicted molar refractivity (Wildman–Crippen MR) is 439 cm³/mol. The number of piperazine rings is 1. The molecule has 36 heteroatoms. The van der Waals surface area contributed by atoms with Crippen LogP contribution in [-0.4, -0.2) is 156 Å². The second-order valence-electron chi connectivity index (χ2n) is 27.5. The minimum atomic E-state index is -3.62. The Morgan fingerprint density at radius 1 is 0.459 bits per heavy atom. The number of aryl methyl sites for hydroxylation is 4. The number of ether oxygens (including phenoxy) is 4. The van der Waals surface area contributed by atoms with E-state index in [9.17, 15) is 40.8 Å². The fraction of sp³-hybridized carbons (Fsp3) is 0.438. The van der Waals surface area contributed by atoms with E-state index in [0.29, 0.717) is 123 Å². The van der Waals surface area contributed by atoms with Crippen molar-refractivity contribution in [3.05, 3.63) is 139 Å². The van der Waals surface area contributed by atoms with Gasteiger partial charge < -0.3 is 50.4 Å². The van der Waals surface area contributed by atoms with Crippen molar-refractivity contribution in [3.63, 3.8) is 0 Å². The molecule has 1 aliphatic heterocycles. The van der Waals surface area contributed by atoms with Gasteiger partial charge in [-0.05, 0) is 136 Å². The third kappa shape index (κ3) is 35.4. The summed E-state index contributed by atoms with van der Waals surface area (Å²) in [5.74, 6) is 3.37. The molecule has 9 amide bonds. The van der Waals surface area contributed by atoms with Crippen molar-refractivity contribution >= 4 is 139 Å². The van der Waals surface area contributed by atoms with Gasteiger partial charge in [0.15, 0.2) is 20.5 Å². The lowest BCUT2D eigenvalue weighted by Gasteiger charge is -2.26. The molecule has 0 spiro atoms. The van der Waals surface area contributed by atoms with Crippen molar-refractivity contribution < 1.29 is 59.8 Å². The molecule has 4 aromatic heterocycles. The number of hydrogen-bond donors (Lipinski definition) is 11. The molecule has 9 rings (SSSR count). The van der Waals surface area contributed by atoms with E-state index in [2.05, 4.69) is 105 Å². The second-order valence-corrected chi connectivity index (χ2v) is 34.6. The summed E-state index contributed by atoms with van der Waals surface area (Å²) >= 11 is 5.19. The summed E-state index contributed by atoms with van der Waals surface area (Å²) < 4.78 is 71.8. The molecule has 0 unspecified atom stereocenters. The number of hydrogen-bond acceptors (Lipinski definition) is 24. The Labute approximate surface area is 655 Å². The molecular formula is C73H103N17O13S6. The van der Waals surface area contributed by atoms with Crippen molar-refractivity contribution in [2.75, 3.05) is 122 Å². The smallest absolute Gasteiger partial charge is 0.325 e. The first kappa shape index (κ1) is 88.8. The van der Waals surface area contributed by atoms with Gasteiger partial charge in [-0.3, -0.25) is 35.7 Å². The SMILES string of the molecule is Cc1ccc(NC(=O)Nc2nc(CC(=O)NS(C)(=O)=O)cs2)c(OCC(C)C)c1.Cc1ccc(NC(=O)Nc2nc(CN(C)C)cs2)c(OCC(C)C)c1.Cc1ccc(NC(=O)Nc2nc(CN3CCNCC3)cs2)c(OCC(C)C)c1.Cc1ccc(NC(=O)Nc2nc(CNS(C)(=O)=O)cs2)c(OCC(C)C)c1. The molecule has 1 fully saturated rings. The molecule has 0 aliphatic carbocycles. The normalized spacial score (nSPS) is 12.2. The minimum Gasteiger partial charge on any atom is -0.491 e. The van der Waals surface area contributed by atoms with Gasteiger partial charge in [-0.25, -0.2) is 60.7 Å². The first-order valence-corrected chi connectivity index (χ1v) is 42.3. The van der Waals surface area contributed by atoms with Gasteiger partial charge in [0.2, 0.25) is 26.0 Å². The van der Waals surface area contributed by atoms with Gasteiger partial charge >= 0.3 is 24.1 Å². The van der Waals surface area contributed by atoms with Crippen LogP contribution in [-0.2, 0) is 50.9 Å². The molecular weight excluding hydrogens is 1520 g/mol. The first-order chi connectivity index (χ1) is 51.5. The third-order valence-electron chi connectivity index (χ3n) is 14.1. The van der Waals surface area contributed by atoms with Crippen LogP contribution in [0.3, 0.4) is 0 Å². The van der Waals surface area contributed by atoms with E-state index in [0.717, 1.165) is 96.8 Å². The number of rotatable bonds is 30. The molecule has 11 N–H and O–H groups in total. The molecule has 0 atom stereocenters. The number of benzene rings is 4. The highest BCUT2D eigenvalue weighted by atomic mass is 32.2. The molecule has 0 bridgehead atoms. The van der Waals surface area contributed by atoms with Crippen molar-refractivity contribution in [2.24, 2.45) is 23.7 Å². The van der Waals surface area contributed by atoms with Crippen LogP contribution in [0.4, 0.5) is 62.5 Å². The number of urea groups is 4. The van der Waals surface area contributed by atoms with E-state index in [1.165, 1.54) is 34.0 Å². The van der Waals surface area contributed by atoms with Gasteiger partial charge in [-0.2, -0.15) is 0 Å². The Kier molecular flexibility index (Phi) is 35.8. The Bertz CT molecular complexity index is 4500. The number of aromatic nitrogens is 4. The van der Waals surface area contributed by atoms with Gasteiger partial charge in [0.05, 0.1) is 97.4 Å². The Morgan fingerprint density at radius 2 is 0.771 bits per heavy atom. The number of nitrogens with zero attached hydrogens (tertiary/aromatic N) is 6. The van der Waals surface area contributed by atoms with Crippen molar-refractivity contribution in [2.45, 2.75) is 109 Å². The van der Waals surface area contributed by atoms with Gasteiger partial charge in [-0.15, -0.1) is 45.3 Å². The van der Waals surface area contributed by atoms with Crippen LogP contribution in [0.5, 0.6) is 23.0 Å². The summed E-state index contributed by atoms with van der Waals surface area (Å²) in [7, 11) is -2.96. The molecule has 1 aliphatic rings. The van der Waals surface area contributed by atoms with E-state index in [-0.39, 0.29) is 30.2 Å². The summed E-state index contributed by atoms with van der Waals surface area (Å²) in [5, 5.41) is 34.4. The number of nitrogens with one attached hydrogen (secondary N) is 11. The third-order valence-corrected chi connectivity index (χ3v) is 18.6. The minimum absolute atomic E-state index is 0.0732. The summed E-state index contributed by atoms with van der Waals surface area (Å²) in [4.78, 5) is 82.5. The molecule has 0 radical (unpaired) electrons. The maximum atomic E-state index is 12.4. The summed E-state index contributed by atoms with van der Waals surface area (Å²) in [5.41, 5.74) is 9.39. The Balaban J connectivity index is 0.000000227. The standard InChI is InChI=1S/C20H29N5O2S.C18H24N4O5S2.C18H26N4O2S.C17H24N4O4S2/c1-14(2)12-27-18-10-15(3)4-5-17(18)23-19(26)24-20-22-16(13-28-20)11-25-8-6-21-7-9-25;1-11(2)9-27-15-7-12(3)5-6-14(15)20-17(24)21-18-19-13(10-28-18)8-16(23)22-29(4,25)26;1-12(2)10-24-16-8-13(3)6-7-15(16)20-17(23)21-18-19-14(11-25-18)9-22(4)5;1-11(2)9-25-15-7-12(3)5-6-14(15)20-16(22)21-17-19-13(10-26-17)8-18-27(4,23)24/h4-5,10,13-14,21H,6-9,11-12H2,1-3H3,(H2,22,23,24,26);5-7,10-11H,8-9H2,1-4H3,(H,22,23)(H2,19,20,21,24);6-8,11-12H,9-10H2,1-5H3,(H2,19,20,21,23);5-7,10-11,18H,8-9H2,1-4H3,(H2,19,20,21,22). The number of sulfonamides is 2. The zero-order chi connectivity index (χ0) is 80.0. The monoisotopic (exact) mass is 1620 g/mol. The zero-order valence-corrected chi connectivity index (χ0v) is 69.4. The summed E-state index contributed by atoms with van der Waals surface area (Å²) in [6.45, 7) is 32.4. The van der Waals surface area contributed by atoms with Crippen LogP contribution in [0.2, 0.25) is 0 Å². The number of amides is 9. The van der Waals surface area contributed by atoms with Gasteiger partial charge in [0.1, 0.15) is 23.0 Å². The fourth-order valence-electron chi connectivity index (χ4n) is 9.24. The Morgan fingerprint density at radius 3 is 1.10 bits per heavy atom. The molecule has 4 aromatic carbocycles. The second kappa shape index (κ2) is 43.9. The lowest BCUT2D eigenvalue weighted by molar-refractivity contribution is -0.118. The zero-order valence-electron chi connectivity index (χ0n) is 64.5. The first-order valence-electron chi connectivity index (χ1n) is 35.0. The molecule has 594 valence electrons. The lowest BCUT2D eigenvalue weighted by Crippen LogP contribution is -2.42. The van der Waals surface area contributed by atoms with E-state index in [4.69, 9.17) is 18.9 Å². The fourth-order valence-corrected chi connectivity index (χ4v) is 12.9. The van der Waals surface area contributed by atoms with Crippen LogP contribution >= 0.6 is 45.3 Å². The highest BCUT2D eigenvalue weighted by Gasteiger charge is 2.20. The number of carbonyl (C=O) groups is 5.